The average Bonchev–Trinajstić information content (AvgIpc) is 2.30. The minimum Gasteiger partial charge on any atom is -0.381 e. The number of rotatable bonds is 2. The van der Waals surface area contributed by atoms with Crippen molar-refractivity contribution in [2.45, 2.75) is 25.2 Å². The van der Waals surface area contributed by atoms with Crippen LogP contribution in [0.1, 0.15) is 24.0 Å². The summed E-state index contributed by atoms with van der Waals surface area (Å²) in [6.07, 6.45) is 2.01. The summed E-state index contributed by atoms with van der Waals surface area (Å²) < 4.78 is 5.43. The zero-order chi connectivity index (χ0) is 11.6. The van der Waals surface area contributed by atoms with Crippen LogP contribution in [-0.4, -0.2) is 19.8 Å². The Morgan fingerprint density at radius 1 is 1.38 bits per heavy atom. The summed E-state index contributed by atoms with van der Waals surface area (Å²) in [6.45, 7) is 4.39. The van der Waals surface area contributed by atoms with E-state index in [1.807, 2.05) is 12.1 Å². The lowest BCUT2D eigenvalue weighted by molar-refractivity contribution is 0.0527. The maximum atomic E-state index is 5.99. The molecule has 0 aliphatic carbocycles. The molecule has 1 heterocycles. The first kappa shape index (κ1) is 11.9. The van der Waals surface area contributed by atoms with Crippen molar-refractivity contribution in [1.82, 2.24) is 0 Å². The smallest absolute Gasteiger partial charge is 0.0475 e. The van der Waals surface area contributed by atoms with Crippen LogP contribution >= 0.6 is 11.6 Å². The molecule has 0 atom stereocenters. The summed E-state index contributed by atoms with van der Waals surface area (Å²) in [4.78, 5) is 0. The van der Waals surface area contributed by atoms with E-state index in [1.54, 1.807) is 0 Å². The van der Waals surface area contributed by atoms with Crippen molar-refractivity contribution in [3.8, 4) is 0 Å². The molecule has 2 nitrogen and oxygen atoms in total. The average molecular weight is 240 g/mol. The van der Waals surface area contributed by atoms with Gasteiger partial charge >= 0.3 is 0 Å². The number of aryl methyl sites for hydroxylation is 1. The monoisotopic (exact) mass is 239 g/mol. The highest BCUT2D eigenvalue weighted by atomic mass is 35.5. The number of hydrogen-bond donors (Lipinski definition) is 1. The molecule has 0 saturated carbocycles. The van der Waals surface area contributed by atoms with Crippen LogP contribution in [0.25, 0.3) is 0 Å². The van der Waals surface area contributed by atoms with Gasteiger partial charge in [-0.3, -0.25) is 0 Å². The molecule has 1 saturated heterocycles. The third-order valence-corrected chi connectivity index (χ3v) is 3.84. The third-order valence-electron chi connectivity index (χ3n) is 3.60. The molecule has 3 heteroatoms. The second kappa shape index (κ2) is 4.74. The van der Waals surface area contributed by atoms with Gasteiger partial charge in [-0.1, -0.05) is 17.7 Å². The largest absolute Gasteiger partial charge is 0.381 e. The molecule has 0 unspecified atom stereocenters. The van der Waals surface area contributed by atoms with E-state index in [9.17, 15) is 0 Å². The van der Waals surface area contributed by atoms with Crippen molar-refractivity contribution in [2.75, 3.05) is 19.8 Å². The van der Waals surface area contributed by atoms with Crippen LogP contribution in [0, 0.1) is 6.92 Å². The van der Waals surface area contributed by atoms with Crippen molar-refractivity contribution in [3.05, 3.63) is 34.3 Å². The number of ether oxygens (including phenoxy) is 1. The van der Waals surface area contributed by atoms with E-state index < -0.39 is 0 Å². The van der Waals surface area contributed by atoms with Crippen molar-refractivity contribution in [3.63, 3.8) is 0 Å². The summed E-state index contributed by atoms with van der Waals surface area (Å²) >= 11 is 5.99. The van der Waals surface area contributed by atoms with Gasteiger partial charge in [0, 0.05) is 30.2 Å². The van der Waals surface area contributed by atoms with E-state index in [-0.39, 0.29) is 5.41 Å². The van der Waals surface area contributed by atoms with Crippen LogP contribution in [0.4, 0.5) is 0 Å². The van der Waals surface area contributed by atoms with E-state index in [0.29, 0.717) is 6.54 Å². The Morgan fingerprint density at radius 2 is 2.06 bits per heavy atom. The first-order chi connectivity index (χ1) is 7.68. The van der Waals surface area contributed by atoms with Gasteiger partial charge < -0.3 is 10.5 Å². The molecule has 2 rings (SSSR count). The molecule has 16 heavy (non-hydrogen) atoms. The quantitative estimate of drug-likeness (QED) is 0.861. The van der Waals surface area contributed by atoms with Crippen LogP contribution in [0.2, 0.25) is 5.02 Å². The maximum absolute atomic E-state index is 5.99. The summed E-state index contributed by atoms with van der Waals surface area (Å²) in [5.74, 6) is 0. The summed E-state index contributed by atoms with van der Waals surface area (Å²) in [5.41, 5.74) is 8.65. The molecule has 0 radical (unpaired) electrons. The Balaban J connectivity index is 2.39. The standard InChI is InChI=1S/C13H18ClNO/c1-10-8-11(14)2-3-12(10)13(9-15)4-6-16-7-5-13/h2-3,8H,4-7,9,15H2,1H3. The van der Waals surface area contributed by atoms with Gasteiger partial charge in [0.15, 0.2) is 0 Å². The molecule has 1 fully saturated rings. The second-order valence-electron chi connectivity index (χ2n) is 4.56. The van der Waals surface area contributed by atoms with Gasteiger partial charge in [0.2, 0.25) is 0 Å². The van der Waals surface area contributed by atoms with Crippen LogP contribution in [0.15, 0.2) is 18.2 Å². The third kappa shape index (κ3) is 2.10. The van der Waals surface area contributed by atoms with Crippen molar-refractivity contribution >= 4 is 11.6 Å². The lowest BCUT2D eigenvalue weighted by atomic mass is 9.73. The molecule has 0 spiro atoms. The topological polar surface area (TPSA) is 35.2 Å². The fraction of sp³-hybridized carbons (Fsp3) is 0.538. The summed E-state index contributed by atoms with van der Waals surface area (Å²) in [5, 5.41) is 0.792. The predicted octanol–water partition coefficient (Wildman–Crippen LogP) is 2.66. The molecule has 0 aromatic heterocycles. The molecule has 1 aliphatic heterocycles. The first-order valence-electron chi connectivity index (χ1n) is 5.72. The molecule has 0 amide bonds. The van der Waals surface area contributed by atoms with Gasteiger partial charge in [-0.05, 0) is 43.0 Å². The van der Waals surface area contributed by atoms with E-state index in [2.05, 4.69) is 13.0 Å². The molecule has 0 bridgehead atoms. The van der Waals surface area contributed by atoms with Crippen molar-refractivity contribution < 1.29 is 4.74 Å². The fourth-order valence-electron chi connectivity index (χ4n) is 2.57. The summed E-state index contributed by atoms with van der Waals surface area (Å²) in [7, 11) is 0. The predicted molar refractivity (Wildman–Crippen MR) is 67.0 cm³/mol. The second-order valence-corrected chi connectivity index (χ2v) is 4.99. The van der Waals surface area contributed by atoms with Crippen LogP contribution in [-0.2, 0) is 10.2 Å². The number of nitrogens with two attached hydrogens (primary N) is 1. The Hall–Kier alpha value is -0.570. The minimum atomic E-state index is 0.0902. The number of hydrogen-bond acceptors (Lipinski definition) is 2. The Kier molecular flexibility index (Phi) is 3.53. The van der Waals surface area contributed by atoms with Crippen molar-refractivity contribution in [1.29, 1.82) is 0 Å². The highest BCUT2D eigenvalue weighted by Gasteiger charge is 2.34. The van der Waals surface area contributed by atoms with Crippen LogP contribution in [0.3, 0.4) is 0 Å². The zero-order valence-corrected chi connectivity index (χ0v) is 10.4. The number of halogens is 1. The maximum Gasteiger partial charge on any atom is 0.0475 e. The van der Waals surface area contributed by atoms with Gasteiger partial charge in [0.1, 0.15) is 0 Å². The SMILES string of the molecule is Cc1cc(Cl)ccc1C1(CN)CCOCC1. The van der Waals surface area contributed by atoms with E-state index in [0.717, 1.165) is 31.1 Å². The van der Waals surface area contributed by atoms with Gasteiger partial charge in [-0.25, -0.2) is 0 Å². The van der Waals surface area contributed by atoms with E-state index in [1.165, 1.54) is 11.1 Å². The number of benzene rings is 1. The molecule has 2 N–H and O–H groups in total. The van der Waals surface area contributed by atoms with Crippen LogP contribution in [0.5, 0.6) is 0 Å². The first-order valence-corrected chi connectivity index (χ1v) is 6.10. The van der Waals surface area contributed by atoms with Gasteiger partial charge in [-0.15, -0.1) is 0 Å². The van der Waals surface area contributed by atoms with E-state index in [4.69, 9.17) is 22.1 Å². The Morgan fingerprint density at radius 3 is 2.62 bits per heavy atom. The molecular formula is C13H18ClNO. The molecule has 1 aliphatic rings. The lowest BCUT2D eigenvalue weighted by Crippen LogP contribution is -2.41. The summed E-state index contributed by atoms with van der Waals surface area (Å²) in [6, 6.07) is 6.09. The van der Waals surface area contributed by atoms with Gasteiger partial charge in [0.25, 0.3) is 0 Å². The van der Waals surface area contributed by atoms with Crippen molar-refractivity contribution in [2.24, 2.45) is 5.73 Å². The Bertz CT molecular complexity index is 372. The highest BCUT2D eigenvalue weighted by molar-refractivity contribution is 6.30. The van der Waals surface area contributed by atoms with E-state index >= 15 is 0 Å². The van der Waals surface area contributed by atoms with Gasteiger partial charge in [-0.2, -0.15) is 0 Å². The molecule has 88 valence electrons. The zero-order valence-electron chi connectivity index (χ0n) is 9.63. The lowest BCUT2D eigenvalue weighted by Gasteiger charge is -2.37. The molecular weight excluding hydrogens is 222 g/mol. The molecule has 1 aromatic carbocycles. The minimum absolute atomic E-state index is 0.0902. The highest BCUT2D eigenvalue weighted by Crippen LogP contribution is 2.36. The normalized spacial score (nSPS) is 19.7. The Labute approximate surface area is 102 Å². The molecule has 1 aromatic rings. The van der Waals surface area contributed by atoms with Crippen LogP contribution < -0.4 is 5.73 Å². The van der Waals surface area contributed by atoms with Gasteiger partial charge in [0.05, 0.1) is 0 Å². The fourth-order valence-corrected chi connectivity index (χ4v) is 2.79.